The highest BCUT2D eigenvalue weighted by molar-refractivity contribution is 6.30. The summed E-state index contributed by atoms with van der Waals surface area (Å²) in [7, 11) is 0. The van der Waals surface area contributed by atoms with Crippen LogP contribution in [0, 0.1) is 0 Å². The van der Waals surface area contributed by atoms with Gasteiger partial charge in [0.2, 0.25) is 5.91 Å². The highest BCUT2D eigenvalue weighted by atomic mass is 35.5. The number of imidazole rings is 1. The molecular weight excluding hydrogens is 350 g/mol. The number of carbonyl (C=O) groups excluding carboxylic acids is 1. The van der Waals surface area contributed by atoms with Crippen LogP contribution in [0.1, 0.15) is 16.8 Å². The molecule has 0 bridgehead atoms. The number of amides is 1. The molecule has 6 nitrogen and oxygen atoms in total. The summed E-state index contributed by atoms with van der Waals surface area (Å²) < 4.78 is 1.99. The van der Waals surface area contributed by atoms with Gasteiger partial charge in [0.15, 0.2) is 5.15 Å². The number of halogens is 1. The molecule has 0 aliphatic carbocycles. The number of nitrogens with one attached hydrogen (secondary N) is 1. The molecule has 1 amide bonds. The first-order chi connectivity index (χ1) is 12.6. The van der Waals surface area contributed by atoms with Crippen molar-refractivity contribution >= 4 is 28.8 Å². The van der Waals surface area contributed by atoms with Crippen molar-refractivity contribution in [2.75, 3.05) is 18.4 Å². The molecule has 0 radical (unpaired) electrons. The smallest absolute Gasteiger partial charge is 0.231 e. The normalized spacial score (nSPS) is 14.3. The molecule has 3 heterocycles. The Bertz CT molecular complexity index is 968. The van der Waals surface area contributed by atoms with Crippen molar-refractivity contribution in [2.24, 2.45) is 5.73 Å². The van der Waals surface area contributed by atoms with E-state index in [-0.39, 0.29) is 5.91 Å². The zero-order valence-electron chi connectivity index (χ0n) is 14.3. The van der Waals surface area contributed by atoms with E-state index in [0.29, 0.717) is 18.2 Å². The Labute approximate surface area is 156 Å². The Morgan fingerprint density at radius 2 is 2.15 bits per heavy atom. The Hall–Kier alpha value is -2.57. The molecule has 7 heteroatoms. The number of anilines is 1. The van der Waals surface area contributed by atoms with Crippen LogP contribution in [-0.4, -0.2) is 33.3 Å². The first-order valence-electron chi connectivity index (χ1n) is 8.58. The minimum absolute atomic E-state index is 0.287. The third kappa shape index (κ3) is 3.38. The molecule has 4 rings (SSSR count). The topological polar surface area (TPSA) is 75.7 Å². The van der Waals surface area contributed by atoms with Crippen molar-refractivity contribution in [1.82, 2.24) is 14.3 Å². The van der Waals surface area contributed by atoms with Crippen molar-refractivity contribution in [3.05, 3.63) is 64.6 Å². The van der Waals surface area contributed by atoms with E-state index in [1.54, 1.807) is 0 Å². The van der Waals surface area contributed by atoms with Gasteiger partial charge in [0, 0.05) is 25.0 Å². The molecule has 0 atom stereocenters. The van der Waals surface area contributed by atoms with Gasteiger partial charge in [-0.15, -0.1) is 0 Å². The summed E-state index contributed by atoms with van der Waals surface area (Å²) in [6, 6.07) is 12.2. The second-order valence-electron chi connectivity index (χ2n) is 6.54. The summed E-state index contributed by atoms with van der Waals surface area (Å²) >= 11 is 6.29. The zero-order valence-corrected chi connectivity index (χ0v) is 15.0. The lowest BCUT2D eigenvalue weighted by molar-refractivity contribution is -0.119. The van der Waals surface area contributed by atoms with Crippen LogP contribution in [0.5, 0.6) is 0 Å². The lowest BCUT2D eigenvalue weighted by Gasteiger charge is -2.28. The molecule has 1 aliphatic rings. The average molecular weight is 370 g/mol. The number of rotatable bonds is 5. The van der Waals surface area contributed by atoms with Gasteiger partial charge in [-0.3, -0.25) is 9.69 Å². The summed E-state index contributed by atoms with van der Waals surface area (Å²) in [6.07, 6.45) is 2.89. The number of nitrogens with two attached hydrogens (primary N) is 1. The molecule has 2 aromatic heterocycles. The summed E-state index contributed by atoms with van der Waals surface area (Å²) in [5, 5.41) is 3.94. The Morgan fingerprint density at radius 1 is 1.27 bits per heavy atom. The number of hydrogen-bond acceptors (Lipinski definition) is 4. The van der Waals surface area contributed by atoms with Gasteiger partial charge in [-0.1, -0.05) is 23.7 Å². The fourth-order valence-electron chi connectivity index (χ4n) is 3.44. The first-order valence-corrected chi connectivity index (χ1v) is 8.96. The van der Waals surface area contributed by atoms with E-state index in [9.17, 15) is 4.79 Å². The van der Waals surface area contributed by atoms with Crippen molar-refractivity contribution in [3.8, 4) is 0 Å². The van der Waals surface area contributed by atoms with E-state index in [1.807, 2.05) is 28.8 Å². The lowest BCUT2D eigenvalue weighted by Crippen LogP contribution is -2.37. The van der Waals surface area contributed by atoms with Gasteiger partial charge in [-0.2, -0.15) is 0 Å². The Balaban J connectivity index is 1.51. The first kappa shape index (κ1) is 16.9. The molecule has 26 heavy (non-hydrogen) atoms. The van der Waals surface area contributed by atoms with E-state index >= 15 is 0 Å². The van der Waals surface area contributed by atoms with Gasteiger partial charge >= 0.3 is 0 Å². The largest absolute Gasteiger partial charge is 0.379 e. The third-order valence-electron chi connectivity index (χ3n) is 4.72. The number of carbonyl (C=O) groups is 1. The monoisotopic (exact) mass is 369 g/mol. The number of aromatic nitrogens is 2. The van der Waals surface area contributed by atoms with Gasteiger partial charge in [0.05, 0.1) is 18.8 Å². The molecule has 1 aliphatic heterocycles. The fourth-order valence-corrected chi connectivity index (χ4v) is 3.69. The van der Waals surface area contributed by atoms with E-state index in [0.717, 1.165) is 36.5 Å². The lowest BCUT2D eigenvalue weighted by atomic mass is 9.99. The number of nitrogens with zero attached hydrogens (tertiary/aromatic N) is 3. The maximum absolute atomic E-state index is 11.2. The predicted octanol–water partition coefficient (Wildman–Crippen LogP) is 2.44. The van der Waals surface area contributed by atoms with Gasteiger partial charge in [0.25, 0.3) is 0 Å². The van der Waals surface area contributed by atoms with Crippen LogP contribution >= 0.6 is 11.6 Å². The van der Waals surface area contributed by atoms with Gasteiger partial charge in [-0.25, -0.2) is 4.98 Å². The van der Waals surface area contributed by atoms with E-state index in [1.165, 1.54) is 11.1 Å². The van der Waals surface area contributed by atoms with Gasteiger partial charge in [-0.05, 0) is 41.8 Å². The molecule has 0 spiro atoms. The fraction of sp³-hybridized carbons (Fsp3) is 0.263. The van der Waals surface area contributed by atoms with Crippen LogP contribution in [0.25, 0.3) is 5.65 Å². The zero-order chi connectivity index (χ0) is 18.1. The molecule has 3 aromatic rings. The van der Waals surface area contributed by atoms with Crippen molar-refractivity contribution in [1.29, 1.82) is 0 Å². The molecule has 3 N–H and O–H groups in total. The summed E-state index contributed by atoms with van der Waals surface area (Å²) in [5.41, 5.74) is 10.7. The van der Waals surface area contributed by atoms with Gasteiger partial charge in [0.1, 0.15) is 5.65 Å². The maximum Gasteiger partial charge on any atom is 0.231 e. The Kier molecular flexibility index (Phi) is 4.53. The number of benzene rings is 1. The third-order valence-corrected chi connectivity index (χ3v) is 5.02. The van der Waals surface area contributed by atoms with Crippen LogP contribution in [-0.2, 0) is 24.3 Å². The second kappa shape index (κ2) is 6.97. The number of hydrogen-bond donors (Lipinski definition) is 2. The minimum Gasteiger partial charge on any atom is -0.379 e. The SMILES string of the molecule is NC(=O)CN1CCc2ccc(NCc3c(Cl)nc4ccccn34)cc2C1. The average Bonchev–Trinajstić information content (AvgIpc) is 2.94. The second-order valence-corrected chi connectivity index (χ2v) is 6.90. The Morgan fingerprint density at radius 3 is 3.00 bits per heavy atom. The number of fused-ring (bicyclic) bond motifs is 2. The molecular formula is C19H20ClN5O. The minimum atomic E-state index is -0.287. The number of primary amides is 1. The van der Waals surface area contributed by atoms with Crippen molar-refractivity contribution < 1.29 is 4.79 Å². The van der Waals surface area contributed by atoms with Crippen LogP contribution in [0.4, 0.5) is 5.69 Å². The molecule has 0 fully saturated rings. The summed E-state index contributed by atoms with van der Waals surface area (Å²) in [5.74, 6) is -0.287. The molecule has 0 saturated heterocycles. The van der Waals surface area contributed by atoms with Crippen molar-refractivity contribution in [3.63, 3.8) is 0 Å². The highest BCUT2D eigenvalue weighted by Crippen LogP contribution is 2.24. The predicted molar refractivity (Wildman–Crippen MR) is 102 cm³/mol. The van der Waals surface area contributed by atoms with Crippen LogP contribution in [0.15, 0.2) is 42.6 Å². The standard InChI is InChI=1S/C19H20ClN5O/c20-19-16(25-7-2-1-3-18(25)23-19)10-22-15-5-4-13-6-8-24(12-17(21)26)11-14(13)9-15/h1-5,7,9,22H,6,8,10-12H2,(H2,21,26). The van der Waals surface area contributed by atoms with E-state index in [4.69, 9.17) is 17.3 Å². The van der Waals surface area contributed by atoms with Crippen LogP contribution in [0.3, 0.4) is 0 Å². The quantitative estimate of drug-likeness (QED) is 0.724. The molecule has 0 unspecified atom stereocenters. The maximum atomic E-state index is 11.2. The van der Waals surface area contributed by atoms with Crippen LogP contribution < -0.4 is 11.1 Å². The molecule has 134 valence electrons. The molecule has 1 aromatic carbocycles. The number of pyridine rings is 1. The van der Waals surface area contributed by atoms with E-state index < -0.39 is 0 Å². The van der Waals surface area contributed by atoms with Crippen LogP contribution in [0.2, 0.25) is 5.15 Å². The summed E-state index contributed by atoms with van der Waals surface area (Å²) in [4.78, 5) is 17.6. The van der Waals surface area contributed by atoms with E-state index in [2.05, 4.69) is 33.4 Å². The summed E-state index contributed by atoms with van der Waals surface area (Å²) in [6.45, 7) is 2.48. The van der Waals surface area contributed by atoms with Crippen molar-refractivity contribution in [2.45, 2.75) is 19.5 Å². The molecule has 0 saturated carbocycles. The highest BCUT2D eigenvalue weighted by Gasteiger charge is 2.18. The van der Waals surface area contributed by atoms with Gasteiger partial charge < -0.3 is 15.5 Å².